The van der Waals surface area contributed by atoms with E-state index in [2.05, 4.69) is 0 Å². The standard InChI is InChI=1S/C14H24O5/c1-6-9(4)13(16)19-12-7-11(15)14(17-8(2)3)18-10(12)5/h6,8,10-12,14-15H,7H2,1-5H3/b9-6+/t10?,11-,12+,14+/m0/s1. The van der Waals surface area contributed by atoms with E-state index in [1.54, 1.807) is 19.9 Å². The van der Waals surface area contributed by atoms with Gasteiger partial charge < -0.3 is 19.3 Å². The molecule has 0 radical (unpaired) electrons. The van der Waals surface area contributed by atoms with Crippen LogP contribution in [0, 0.1) is 0 Å². The number of rotatable bonds is 4. The molecule has 0 spiro atoms. The van der Waals surface area contributed by atoms with Crippen LogP contribution in [0.5, 0.6) is 0 Å². The molecule has 1 fully saturated rings. The van der Waals surface area contributed by atoms with Gasteiger partial charge in [0.25, 0.3) is 0 Å². The fraction of sp³-hybridized carbons (Fsp3) is 0.786. The van der Waals surface area contributed by atoms with Crippen molar-refractivity contribution in [3.05, 3.63) is 11.6 Å². The SMILES string of the molecule is C/C=C(\C)C(=O)O[C@@H]1C[C@H](O)[C@H](OC(C)C)OC1C. The Bertz CT molecular complexity index is 337. The molecule has 1 aliphatic heterocycles. The third kappa shape index (κ3) is 4.60. The van der Waals surface area contributed by atoms with E-state index < -0.39 is 18.5 Å². The minimum Gasteiger partial charge on any atom is -0.456 e. The summed E-state index contributed by atoms with van der Waals surface area (Å²) in [5.41, 5.74) is 0.544. The van der Waals surface area contributed by atoms with Crippen LogP contribution in [0.3, 0.4) is 0 Å². The van der Waals surface area contributed by atoms with Gasteiger partial charge in [-0.1, -0.05) is 6.08 Å². The first-order valence-electron chi connectivity index (χ1n) is 6.68. The van der Waals surface area contributed by atoms with E-state index in [-0.39, 0.29) is 18.2 Å². The second kappa shape index (κ2) is 7.03. The molecule has 19 heavy (non-hydrogen) atoms. The highest BCUT2D eigenvalue weighted by Crippen LogP contribution is 2.24. The molecule has 0 bridgehead atoms. The van der Waals surface area contributed by atoms with Gasteiger partial charge in [-0.15, -0.1) is 0 Å². The minimum atomic E-state index is -0.790. The molecule has 1 rings (SSSR count). The van der Waals surface area contributed by atoms with E-state index in [1.165, 1.54) is 0 Å². The molecule has 0 aromatic carbocycles. The fourth-order valence-electron chi connectivity index (χ4n) is 1.81. The van der Waals surface area contributed by atoms with Crippen LogP contribution in [-0.2, 0) is 19.0 Å². The van der Waals surface area contributed by atoms with Crippen molar-refractivity contribution in [2.45, 2.75) is 71.7 Å². The van der Waals surface area contributed by atoms with Crippen LogP contribution in [0.15, 0.2) is 11.6 Å². The summed E-state index contributed by atoms with van der Waals surface area (Å²) in [6.07, 6.45) is -0.226. The van der Waals surface area contributed by atoms with Crippen LogP contribution < -0.4 is 0 Å². The number of hydrogen-bond donors (Lipinski definition) is 1. The van der Waals surface area contributed by atoms with E-state index in [0.29, 0.717) is 12.0 Å². The van der Waals surface area contributed by atoms with Gasteiger partial charge in [0, 0.05) is 12.0 Å². The third-order valence-corrected chi connectivity index (χ3v) is 3.08. The summed E-state index contributed by atoms with van der Waals surface area (Å²) < 4.78 is 16.4. The Hall–Kier alpha value is -0.910. The number of aliphatic hydroxyl groups excluding tert-OH is 1. The predicted molar refractivity (Wildman–Crippen MR) is 70.5 cm³/mol. The molecular weight excluding hydrogens is 248 g/mol. The van der Waals surface area contributed by atoms with Crippen molar-refractivity contribution in [3.63, 3.8) is 0 Å². The maximum absolute atomic E-state index is 11.7. The Kier molecular flexibility index (Phi) is 5.97. The summed E-state index contributed by atoms with van der Waals surface area (Å²) in [6.45, 7) is 9.03. The van der Waals surface area contributed by atoms with E-state index in [9.17, 15) is 9.90 Å². The Morgan fingerprint density at radius 1 is 1.47 bits per heavy atom. The number of carbonyl (C=O) groups is 1. The zero-order valence-corrected chi connectivity index (χ0v) is 12.3. The van der Waals surface area contributed by atoms with E-state index in [0.717, 1.165) is 0 Å². The highest BCUT2D eigenvalue weighted by molar-refractivity contribution is 5.87. The summed E-state index contributed by atoms with van der Waals surface area (Å²) in [6, 6.07) is 0. The van der Waals surface area contributed by atoms with Crippen molar-refractivity contribution in [1.29, 1.82) is 0 Å². The summed E-state index contributed by atoms with van der Waals surface area (Å²) in [4.78, 5) is 11.7. The number of ether oxygens (including phenoxy) is 3. The van der Waals surface area contributed by atoms with Crippen molar-refractivity contribution in [3.8, 4) is 0 Å². The topological polar surface area (TPSA) is 65.0 Å². The lowest BCUT2D eigenvalue weighted by molar-refractivity contribution is -0.273. The molecule has 5 heteroatoms. The Labute approximate surface area is 114 Å². The molecule has 0 aromatic rings. The summed E-state index contributed by atoms with van der Waals surface area (Å²) in [5, 5.41) is 9.96. The van der Waals surface area contributed by atoms with Gasteiger partial charge in [-0.3, -0.25) is 0 Å². The molecule has 1 saturated heterocycles. The second-order valence-electron chi connectivity index (χ2n) is 5.11. The van der Waals surface area contributed by atoms with E-state index in [1.807, 2.05) is 20.8 Å². The first-order valence-corrected chi connectivity index (χ1v) is 6.68. The van der Waals surface area contributed by atoms with Gasteiger partial charge in [0.1, 0.15) is 12.2 Å². The average Bonchev–Trinajstić information content (AvgIpc) is 2.33. The molecule has 0 saturated carbocycles. The highest BCUT2D eigenvalue weighted by Gasteiger charge is 2.38. The van der Waals surface area contributed by atoms with Crippen molar-refractivity contribution < 1.29 is 24.1 Å². The zero-order chi connectivity index (χ0) is 14.6. The normalized spacial score (nSPS) is 32.5. The van der Waals surface area contributed by atoms with Gasteiger partial charge in [-0.25, -0.2) is 4.79 Å². The quantitative estimate of drug-likeness (QED) is 0.624. The van der Waals surface area contributed by atoms with Crippen LogP contribution in [0.25, 0.3) is 0 Å². The molecular formula is C14H24O5. The zero-order valence-electron chi connectivity index (χ0n) is 12.3. The molecule has 5 nitrogen and oxygen atoms in total. The lowest BCUT2D eigenvalue weighted by Crippen LogP contribution is -2.49. The summed E-state index contributed by atoms with van der Waals surface area (Å²) in [7, 11) is 0. The van der Waals surface area contributed by atoms with Crippen molar-refractivity contribution >= 4 is 5.97 Å². The van der Waals surface area contributed by atoms with Crippen molar-refractivity contribution in [2.24, 2.45) is 0 Å². The number of allylic oxidation sites excluding steroid dienone is 1. The molecule has 110 valence electrons. The van der Waals surface area contributed by atoms with Gasteiger partial charge in [0.15, 0.2) is 6.29 Å². The van der Waals surface area contributed by atoms with Crippen LogP contribution >= 0.6 is 0 Å². The minimum absolute atomic E-state index is 0.0313. The van der Waals surface area contributed by atoms with Crippen molar-refractivity contribution in [2.75, 3.05) is 0 Å². The molecule has 1 unspecified atom stereocenters. The average molecular weight is 272 g/mol. The molecule has 0 aliphatic carbocycles. The lowest BCUT2D eigenvalue weighted by atomic mass is 10.0. The molecule has 1 N–H and O–H groups in total. The van der Waals surface area contributed by atoms with E-state index >= 15 is 0 Å². The molecule has 0 amide bonds. The third-order valence-electron chi connectivity index (χ3n) is 3.08. The van der Waals surface area contributed by atoms with Crippen LogP contribution in [-0.4, -0.2) is 41.8 Å². The van der Waals surface area contributed by atoms with Gasteiger partial charge in [0.2, 0.25) is 0 Å². The first-order chi connectivity index (χ1) is 8.85. The predicted octanol–water partition coefficient (Wildman–Crippen LogP) is 1.79. The smallest absolute Gasteiger partial charge is 0.333 e. The van der Waals surface area contributed by atoms with Gasteiger partial charge >= 0.3 is 5.97 Å². The number of hydrogen-bond acceptors (Lipinski definition) is 5. The largest absolute Gasteiger partial charge is 0.456 e. The monoisotopic (exact) mass is 272 g/mol. The fourth-order valence-corrected chi connectivity index (χ4v) is 1.81. The maximum atomic E-state index is 11.7. The molecule has 0 aromatic heterocycles. The van der Waals surface area contributed by atoms with E-state index in [4.69, 9.17) is 14.2 Å². The Morgan fingerprint density at radius 2 is 2.11 bits per heavy atom. The second-order valence-corrected chi connectivity index (χ2v) is 5.11. The molecule has 1 aliphatic rings. The van der Waals surface area contributed by atoms with Gasteiger partial charge in [-0.2, -0.15) is 0 Å². The molecule has 4 atom stereocenters. The maximum Gasteiger partial charge on any atom is 0.333 e. The number of esters is 1. The van der Waals surface area contributed by atoms with Crippen LogP contribution in [0.1, 0.15) is 41.0 Å². The summed E-state index contributed by atoms with van der Waals surface area (Å²) >= 11 is 0. The van der Waals surface area contributed by atoms with Gasteiger partial charge in [-0.05, 0) is 34.6 Å². The summed E-state index contributed by atoms with van der Waals surface area (Å²) in [5.74, 6) is -0.377. The van der Waals surface area contributed by atoms with Crippen LogP contribution in [0.2, 0.25) is 0 Å². The van der Waals surface area contributed by atoms with Crippen molar-refractivity contribution in [1.82, 2.24) is 0 Å². The number of aliphatic hydroxyl groups is 1. The van der Waals surface area contributed by atoms with Gasteiger partial charge in [0.05, 0.1) is 12.2 Å². The number of carbonyl (C=O) groups excluding carboxylic acids is 1. The Balaban J connectivity index is 2.58. The lowest BCUT2D eigenvalue weighted by Gasteiger charge is -2.37. The molecule has 1 heterocycles. The first kappa shape index (κ1) is 16.1. The van der Waals surface area contributed by atoms with Crippen LogP contribution in [0.4, 0.5) is 0 Å². The highest BCUT2D eigenvalue weighted by atomic mass is 16.7. The Morgan fingerprint density at radius 3 is 2.63 bits per heavy atom.